The van der Waals surface area contributed by atoms with E-state index in [1.165, 1.54) is 11.8 Å². The van der Waals surface area contributed by atoms with Crippen LogP contribution in [0.2, 0.25) is 0 Å². The minimum Gasteiger partial charge on any atom is -0.496 e. The zero-order valence-electron chi connectivity index (χ0n) is 14.3. The molecule has 0 radical (unpaired) electrons. The fourth-order valence-corrected chi connectivity index (χ4v) is 2.96. The fourth-order valence-electron chi connectivity index (χ4n) is 2.24. The molecule has 0 saturated heterocycles. The van der Waals surface area contributed by atoms with E-state index in [2.05, 4.69) is 15.5 Å². The number of para-hydroxylation sites is 1. The highest BCUT2D eigenvalue weighted by atomic mass is 32.2. The second kappa shape index (κ2) is 8.70. The summed E-state index contributed by atoms with van der Waals surface area (Å²) in [6.45, 7) is 2.38. The predicted octanol–water partition coefficient (Wildman–Crippen LogP) is 1.73. The number of carbonyl (C=O) groups excluding carboxylic acids is 1. The number of hydrogen-bond donors (Lipinski definition) is 1. The molecule has 0 aliphatic carbocycles. The normalized spacial score (nSPS) is 12.0. The molecule has 0 fully saturated rings. The average molecular weight is 350 g/mol. The van der Waals surface area contributed by atoms with E-state index in [1.807, 2.05) is 42.8 Å². The van der Waals surface area contributed by atoms with Crippen LogP contribution in [0.25, 0.3) is 11.4 Å². The topological polar surface area (TPSA) is 78.3 Å². The minimum absolute atomic E-state index is 0.0215. The molecule has 1 N–H and O–H groups in total. The molecule has 130 valence electrons. The maximum absolute atomic E-state index is 11.9. The number of carbonyl (C=O) groups is 1. The molecule has 1 heterocycles. The Hall–Kier alpha value is -2.06. The lowest BCUT2D eigenvalue weighted by Gasteiger charge is -2.12. The van der Waals surface area contributed by atoms with Gasteiger partial charge in [0.1, 0.15) is 5.75 Å². The van der Waals surface area contributed by atoms with Gasteiger partial charge in [0.25, 0.3) is 0 Å². The Morgan fingerprint density at radius 1 is 1.33 bits per heavy atom. The van der Waals surface area contributed by atoms with Gasteiger partial charge in [0, 0.05) is 20.2 Å². The van der Waals surface area contributed by atoms with Crippen molar-refractivity contribution in [2.75, 3.05) is 26.6 Å². The number of aromatic nitrogens is 3. The van der Waals surface area contributed by atoms with Crippen molar-refractivity contribution in [3.05, 3.63) is 24.3 Å². The SMILES string of the molecule is COC[C@H](C)NC(=O)CSc1nnc(-c2ccccc2OC)n1C. The van der Waals surface area contributed by atoms with Crippen LogP contribution in [0.15, 0.2) is 29.4 Å². The van der Waals surface area contributed by atoms with Crippen LogP contribution in [0, 0.1) is 0 Å². The third kappa shape index (κ3) is 4.48. The summed E-state index contributed by atoms with van der Waals surface area (Å²) >= 11 is 1.34. The van der Waals surface area contributed by atoms with Gasteiger partial charge in [-0.1, -0.05) is 23.9 Å². The summed E-state index contributed by atoms with van der Waals surface area (Å²) in [5.74, 6) is 1.64. The van der Waals surface area contributed by atoms with Crippen molar-refractivity contribution in [2.24, 2.45) is 7.05 Å². The highest BCUT2D eigenvalue weighted by Gasteiger charge is 2.16. The lowest BCUT2D eigenvalue weighted by atomic mass is 10.2. The Bertz CT molecular complexity index is 690. The van der Waals surface area contributed by atoms with Crippen LogP contribution in [0.1, 0.15) is 6.92 Å². The maximum Gasteiger partial charge on any atom is 0.230 e. The first-order valence-corrected chi connectivity index (χ1v) is 8.49. The third-order valence-corrected chi connectivity index (χ3v) is 4.36. The molecule has 2 aromatic rings. The standard InChI is InChI=1S/C16H22N4O3S/c1-11(9-22-3)17-14(21)10-24-16-19-18-15(20(16)2)12-7-5-6-8-13(12)23-4/h5-8,11H,9-10H2,1-4H3,(H,17,21)/t11-/m0/s1. The third-order valence-electron chi connectivity index (χ3n) is 3.34. The quantitative estimate of drug-likeness (QED) is 0.731. The first kappa shape index (κ1) is 18.3. The maximum atomic E-state index is 11.9. The summed E-state index contributed by atoms with van der Waals surface area (Å²) < 4.78 is 12.2. The van der Waals surface area contributed by atoms with Gasteiger partial charge in [0.2, 0.25) is 5.91 Å². The molecular formula is C16H22N4O3S. The van der Waals surface area contributed by atoms with Crippen molar-refractivity contribution < 1.29 is 14.3 Å². The highest BCUT2D eigenvalue weighted by molar-refractivity contribution is 7.99. The number of benzene rings is 1. The van der Waals surface area contributed by atoms with Crippen molar-refractivity contribution in [1.29, 1.82) is 0 Å². The van der Waals surface area contributed by atoms with Crippen LogP contribution in [0.5, 0.6) is 5.75 Å². The van der Waals surface area contributed by atoms with Crippen molar-refractivity contribution >= 4 is 17.7 Å². The van der Waals surface area contributed by atoms with E-state index in [9.17, 15) is 4.79 Å². The molecule has 24 heavy (non-hydrogen) atoms. The van der Waals surface area contributed by atoms with Gasteiger partial charge in [0.15, 0.2) is 11.0 Å². The smallest absolute Gasteiger partial charge is 0.230 e. The van der Waals surface area contributed by atoms with Crippen LogP contribution in [0.4, 0.5) is 0 Å². The molecule has 1 aromatic heterocycles. The molecule has 1 amide bonds. The first-order chi connectivity index (χ1) is 11.6. The molecular weight excluding hydrogens is 328 g/mol. The number of methoxy groups -OCH3 is 2. The molecule has 0 unspecified atom stereocenters. The molecule has 1 atom stereocenters. The Labute approximate surface area is 145 Å². The second-order valence-corrected chi connectivity index (χ2v) is 6.22. The largest absolute Gasteiger partial charge is 0.496 e. The Kier molecular flexibility index (Phi) is 6.62. The van der Waals surface area contributed by atoms with Crippen molar-refractivity contribution in [2.45, 2.75) is 18.1 Å². The van der Waals surface area contributed by atoms with E-state index in [-0.39, 0.29) is 17.7 Å². The van der Waals surface area contributed by atoms with Gasteiger partial charge in [-0.05, 0) is 19.1 Å². The Balaban J connectivity index is 2.04. The minimum atomic E-state index is -0.0635. The van der Waals surface area contributed by atoms with Crippen molar-refractivity contribution in [3.8, 4) is 17.1 Å². The van der Waals surface area contributed by atoms with Crippen LogP contribution < -0.4 is 10.1 Å². The fraction of sp³-hybridized carbons (Fsp3) is 0.438. The van der Waals surface area contributed by atoms with Crippen LogP contribution in [-0.2, 0) is 16.6 Å². The van der Waals surface area contributed by atoms with Gasteiger partial charge < -0.3 is 19.4 Å². The molecule has 0 aliphatic heterocycles. The molecule has 1 aromatic carbocycles. The summed E-state index contributed by atoms with van der Waals surface area (Å²) in [7, 11) is 5.10. The van der Waals surface area contributed by atoms with E-state index in [0.717, 1.165) is 11.3 Å². The van der Waals surface area contributed by atoms with E-state index in [0.29, 0.717) is 17.6 Å². The van der Waals surface area contributed by atoms with Gasteiger partial charge in [-0.2, -0.15) is 0 Å². The van der Waals surface area contributed by atoms with Gasteiger partial charge in [0.05, 0.1) is 25.0 Å². The van der Waals surface area contributed by atoms with Gasteiger partial charge in [-0.25, -0.2) is 0 Å². The van der Waals surface area contributed by atoms with Crippen molar-refractivity contribution in [1.82, 2.24) is 20.1 Å². The number of nitrogens with one attached hydrogen (secondary N) is 1. The number of thioether (sulfide) groups is 1. The number of ether oxygens (including phenoxy) is 2. The van der Waals surface area contributed by atoms with Crippen LogP contribution >= 0.6 is 11.8 Å². The first-order valence-electron chi connectivity index (χ1n) is 7.50. The number of hydrogen-bond acceptors (Lipinski definition) is 6. The lowest BCUT2D eigenvalue weighted by Crippen LogP contribution is -2.36. The average Bonchev–Trinajstić information content (AvgIpc) is 2.93. The Morgan fingerprint density at radius 3 is 2.79 bits per heavy atom. The zero-order chi connectivity index (χ0) is 17.5. The second-order valence-electron chi connectivity index (χ2n) is 5.28. The number of amides is 1. The molecule has 0 aliphatic rings. The molecule has 7 nitrogen and oxygen atoms in total. The molecule has 0 bridgehead atoms. The highest BCUT2D eigenvalue weighted by Crippen LogP contribution is 2.29. The summed E-state index contributed by atoms with van der Waals surface area (Å²) in [5.41, 5.74) is 0.861. The van der Waals surface area contributed by atoms with E-state index >= 15 is 0 Å². The zero-order valence-corrected chi connectivity index (χ0v) is 15.1. The molecule has 8 heteroatoms. The van der Waals surface area contributed by atoms with E-state index < -0.39 is 0 Å². The summed E-state index contributed by atoms with van der Waals surface area (Å²) in [4.78, 5) is 11.9. The van der Waals surface area contributed by atoms with Crippen LogP contribution in [-0.4, -0.2) is 53.3 Å². The lowest BCUT2D eigenvalue weighted by molar-refractivity contribution is -0.119. The Morgan fingerprint density at radius 2 is 2.08 bits per heavy atom. The van der Waals surface area contributed by atoms with Gasteiger partial charge in [-0.3, -0.25) is 4.79 Å². The number of nitrogens with zero attached hydrogens (tertiary/aromatic N) is 3. The van der Waals surface area contributed by atoms with E-state index in [1.54, 1.807) is 14.2 Å². The van der Waals surface area contributed by atoms with Gasteiger partial charge >= 0.3 is 0 Å². The van der Waals surface area contributed by atoms with E-state index in [4.69, 9.17) is 9.47 Å². The van der Waals surface area contributed by atoms with Gasteiger partial charge in [-0.15, -0.1) is 10.2 Å². The summed E-state index contributed by atoms with van der Waals surface area (Å²) in [6, 6.07) is 7.61. The summed E-state index contributed by atoms with van der Waals surface area (Å²) in [5, 5.41) is 11.9. The summed E-state index contributed by atoms with van der Waals surface area (Å²) in [6.07, 6.45) is 0. The van der Waals surface area contributed by atoms with Crippen molar-refractivity contribution in [3.63, 3.8) is 0 Å². The molecule has 2 rings (SSSR count). The van der Waals surface area contributed by atoms with Crippen LogP contribution in [0.3, 0.4) is 0 Å². The monoisotopic (exact) mass is 350 g/mol. The molecule has 0 spiro atoms. The predicted molar refractivity (Wildman–Crippen MR) is 93.2 cm³/mol. The number of rotatable bonds is 8. The molecule has 0 saturated carbocycles.